The van der Waals surface area contributed by atoms with E-state index in [0.717, 1.165) is 21.5 Å². The molecule has 2 rings (SSSR count). The summed E-state index contributed by atoms with van der Waals surface area (Å²) in [6, 6.07) is 15.5. The molecule has 2 nitrogen and oxygen atoms in total. The first-order valence-electron chi connectivity index (χ1n) is 5.01. The predicted molar refractivity (Wildman–Crippen MR) is 68.5 cm³/mol. The number of ether oxygens (including phenoxy) is 1. The first kappa shape index (κ1) is 11.2. The molecule has 2 aromatic carbocycles. The highest BCUT2D eigenvalue weighted by Gasteiger charge is 2.06. The number of hydrogen-bond donors (Lipinski definition) is 1. The summed E-state index contributed by atoms with van der Waals surface area (Å²) in [7, 11) is 0. The molecule has 2 N–H and O–H groups in total. The molecule has 0 atom stereocenters. The van der Waals surface area contributed by atoms with E-state index in [9.17, 15) is 0 Å². The lowest BCUT2D eigenvalue weighted by atomic mass is 10.2. The number of halogens is 1. The molecule has 3 heteroatoms. The van der Waals surface area contributed by atoms with Gasteiger partial charge in [-0.05, 0) is 24.3 Å². The molecule has 0 aliphatic rings. The molecule has 0 aromatic heterocycles. The molecule has 2 aromatic rings. The van der Waals surface area contributed by atoms with Gasteiger partial charge < -0.3 is 10.5 Å². The van der Waals surface area contributed by atoms with E-state index in [1.807, 2.05) is 48.5 Å². The molecular formula is C13H12BrNO. The normalized spacial score (nSPS) is 10.1. The Bertz CT molecular complexity index is 471. The molecule has 0 radical (unpaired) electrons. The highest BCUT2D eigenvalue weighted by molar-refractivity contribution is 9.10. The van der Waals surface area contributed by atoms with Crippen molar-refractivity contribution in [1.29, 1.82) is 0 Å². The third-order valence-corrected chi connectivity index (χ3v) is 2.99. The van der Waals surface area contributed by atoms with Crippen molar-refractivity contribution in [2.75, 3.05) is 0 Å². The number of benzene rings is 2. The molecule has 0 aliphatic carbocycles. The van der Waals surface area contributed by atoms with Crippen LogP contribution in [0.1, 0.15) is 5.56 Å². The third kappa shape index (κ3) is 2.43. The van der Waals surface area contributed by atoms with Gasteiger partial charge in [0.25, 0.3) is 0 Å². The first-order valence-corrected chi connectivity index (χ1v) is 5.81. The van der Waals surface area contributed by atoms with Crippen LogP contribution in [-0.4, -0.2) is 0 Å². The summed E-state index contributed by atoms with van der Waals surface area (Å²) < 4.78 is 6.75. The summed E-state index contributed by atoms with van der Waals surface area (Å²) in [5, 5.41) is 0. The van der Waals surface area contributed by atoms with Gasteiger partial charge in [0.2, 0.25) is 0 Å². The molecule has 0 heterocycles. The topological polar surface area (TPSA) is 35.2 Å². The van der Waals surface area contributed by atoms with E-state index in [-0.39, 0.29) is 0 Å². The highest BCUT2D eigenvalue weighted by Crippen LogP contribution is 2.29. The first-order chi connectivity index (χ1) is 7.81. The van der Waals surface area contributed by atoms with Crippen molar-refractivity contribution < 1.29 is 4.74 Å². The molecule has 0 bridgehead atoms. The monoisotopic (exact) mass is 277 g/mol. The van der Waals surface area contributed by atoms with E-state index < -0.39 is 0 Å². The molecule has 0 unspecified atom stereocenters. The fourth-order valence-electron chi connectivity index (χ4n) is 1.45. The maximum atomic E-state index is 5.77. The van der Waals surface area contributed by atoms with Crippen LogP contribution in [-0.2, 0) is 6.54 Å². The standard InChI is InChI=1S/C13H12BrNO/c14-12-7-4-8-13(11(12)9-15)16-10-5-2-1-3-6-10/h1-8H,9,15H2. The average molecular weight is 278 g/mol. The second-order valence-corrected chi connectivity index (χ2v) is 4.19. The van der Waals surface area contributed by atoms with Gasteiger partial charge in [-0.3, -0.25) is 0 Å². The Balaban J connectivity index is 2.31. The zero-order valence-corrected chi connectivity index (χ0v) is 10.3. The van der Waals surface area contributed by atoms with Crippen LogP contribution in [0.4, 0.5) is 0 Å². The number of para-hydroxylation sites is 1. The quantitative estimate of drug-likeness (QED) is 0.929. The van der Waals surface area contributed by atoms with Crippen LogP contribution in [0.2, 0.25) is 0 Å². The lowest BCUT2D eigenvalue weighted by Crippen LogP contribution is -2.00. The lowest BCUT2D eigenvalue weighted by Gasteiger charge is -2.11. The number of nitrogens with two attached hydrogens (primary N) is 1. The summed E-state index contributed by atoms with van der Waals surface area (Å²) in [6.45, 7) is 0.448. The molecule has 0 spiro atoms. The molecule has 0 saturated carbocycles. The van der Waals surface area contributed by atoms with Gasteiger partial charge in [0.1, 0.15) is 11.5 Å². The molecule has 0 saturated heterocycles. The van der Waals surface area contributed by atoms with Gasteiger partial charge in [0.05, 0.1) is 0 Å². The predicted octanol–water partition coefficient (Wildman–Crippen LogP) is 3.70. The SMILES string of the molecule is NCc1c(Br)cccc1Oc1ccccc1. The maximum absolute atomic E-state index is 5.77. The maximum Gasteiger partial charge on any atom is 0.133 e. The van der Waals surface area contributed by atoms with Gasteiger partial charge in [-0.25, -0.2) is 0 Å². The molecular weight excluding hydrogens is 266 g/mol. The van der Waals surface area contributed by atoms with Crippen molar-refractivity contribution in [2.45, 2.75) is 6.54 Å². The van der Waals surface area contributed by atoms with E-state index >= 15 is 0 Å². The van der Waals surface area contributed by atoms with Crippen LogP contribution < -0.4 is 10.5 Å². The smallest absolute Gasteiger partial charge is 0.133 e. The van der Waals surface area contributed by atoms with Crippen molar-refractivity contribution in [3.63, 3.8) is 0 Å². The largest absolute Gasteiger partial charge is 0.457 e. The Kier molecular flexibility index (Phi) is 3.59. The van der Waals surface area contributed by atoms with E-state index in [4.69, 9.17) is 10.5 Å². The van der Waals surface area contributed by atoms with E-state index in [2.05, 4.69) is 15.9 Å². The summed E-state index contributed by atoms with van der Waals surface area (Å²) in [4.78, 5) is 0. The van der Waals surface area contributed by atoms with E-state index in [1.54, 1.807) is 0 Å². The van der Waals surface area contributed by atoms with Crippen molar-refractivity contribution in [3.8, 4) is 11.5 Å². The summed E-state index contributed by atoms with van der Waals surface area (Å²) in [6.07, 6.45) is 0. The fraction of sp³-hybridized carbons (Fsp3) is 0.0769. The lowest BCUT2D eigenvalue weighted by molar-refractivity contribution is 0.476. The van der Waals surface area contributed by atoms with Crippen molar-refractivity contribution in [3.05, 3.63) is 58.6 Å². The minimum Gasteiger partial charge on any atom is -0.457 e. The Hall–Kier alpha value is -1.32. The molecule has 0 aliphatic heterocycles. The van der Waals surface area contributed by atoms with Gasteiger partial charge in [-0.2, -0.15) is 0 Å². The van der Waals surface area contributed by atoms with Crippen molar-refractivity contribution >= 4 is 15.9 Å². The molecule has 0 amide bonds. The minimum atomic E-state index is 0.448. The Labute approximate surface area is 103 Å². The molecule has 16 heavy (non-hydrogen) atoms. The van der Waals surface area contributed by atoms with Gasteiger partial charge in [-0.1, -0.05) is 40.2 Å². The van der Waals surface area contributed by atoms with E-state index in [0.29, 0.717) is 6.54 Å². The van der Waals surface area contributed by atoms with Crippen molar-refractivity contribution in [2.24, 2.45) is 5.73 Å². The van der Waals surface area contributed by atoms with Gasteiger partial charge in [0.15, 0.2) is 0 Å². The van der Waals surface area contributed by atoms with Crippen LogP contribution in [0.15, 0.2) is 53.0 Å². The van der Waals surface area contributed by atoms with Crippen LogP contribution in [0.5, 0.6) is 11.5 Å². The number of hydrogen-bond acceptors (Lipinski definition) is 2. The zero-order valence-electron chi connectivity index (χ0n) is 8.69. The van der Waals surface area contributed by atoms with Gasteiger partial charge in [0, 0.05) is 16.6 Å². The minimum absolute atomic E-state index is 0.448. The highest BCUT2D eigenvalue weighted by atomic mass is 79.9. The van der Waals surface area contributed by atoms with Crippen LogP contribution in [0.3, 0.4) is 0 Å². The Morgan fingerprint density at radius 1 is 1.00 bits per heavy atom. The van der Waals surface area contributed by atoms with Crippen LogP contribution >= 0.6 is 15.9 Å². The Morgan fingerprint density at radius 3 is 2.44 bits per heavy atom. The number of rotatable bonds is 3. The fourth-order valence-corrected chi connectivity index (χ4v) is 1.96. The molecule has 0 fully saturated rings. The van der Waals surface area contributed by atoms with Crippen LogP contribution in [0.25, 0.3) is 0 Å². The second kappa shape index (κ2) is 5.14. The van der Waals surface area contributed by atoms with Gasteiger partial charge >= 0.3 is 0 Å². The molecule has 82 valence electrons. The summed E-state index contributed by atoms with van der Waals surface area (Å²) in [5.41, 5.74) is 6.67. The summed E-state index contributed by atoms with van der Waals surface area (Å²) >= 11 is 3.46. The Morgan fingerprint density at radius 2 is 1.75 bits per heavy atom. The van der Waals surface area contributed by atoms with Crippen LogP contribution in [0, 0.1) is 0 Å². The third-order valence-electron chi connectivity index (χ3n) is 2.25. The second-order valence-electron chi connectivity index (χ2n) is 3.34. The average Bonchev–Trinajstić information content (AvgIpc) is 2.31. The van der Waals surface area contributed by atoms with Gasteiger partial charge in [-0.15, -0.1) is 0 Å². The summed E-state index contributed by atoms with van der Waals surface area (Å²) in [5.74, 6) is 1.61. The zero-order chi connectivity index (χ0) is 11.4. The van der Waals surface area contributed by atoms with Crippen molar-refractivity contribution in [1.82, 2.24) is 0 Å². The van der Waals surface area contributed by atoms with E-state index in [1.165, 1.54) is 0 Å².